The zero-order chi connectivity index (χ0) is 10.9. The first kappa shape index (κ1) is 10.7. The summed E-state index contributed by atoms with van der Waals surface area (Å²) in [5, 5.41) is 18.1. The molecular formula is C6H2Cl2N2O4. The van der Waals surface area contributed by atoms with Gasteiger partial charge < -0.3 is 5.11 Å². The lowest BCUT2D eigenvalue weighted by Crippen LogP contribution is -2.03. The number of nitro groups is 1. The Morgan fingerprint density at radius 3 is 2.57 bits per heavy atom. The SMILES string of the molecule is O=C(O)c1c(Cl)ncc([N+](=O)[O-])c1Cl. The largest absolute Gasteiger partial charge is 0.478 e. The van der Waals surface area contributed by atoms with E-state index in [0.29, 0.717) is 0 Å². The second-order valence-corrected chi connectivity index (χ2v) is 2.92. The fraction of sp³-hybridized carbons (Fsp3) is 0. The van der Waals surface area contributed by atoms with Crippen molar-refractivity contribution in [2.75, 3.05) is 0 Å². The highest BCUT2D eigenvalue weighted by molar-refractivity contribution is 6.39. The zero-order valence-electron chi connectivity index (χ0n) is 6.40. The molecule has 0 radical (unpaired) electrons. The predicted octanol–water partition coefficient (Wildman–Crippen LogP) is 1.99. The van der Waals surface area contributed by atoms with Crippen molar-refractivity contribution >= 4 is 34.9 Å². The average Bonchev–Trinajstić information content (AvgIpc) is 2.02. The van der Waals surface area contributed by atoms with Gasteiger partial charge in [-0.05, 0) is 0 Å². The number of pyridine rings is 1. The fourth-order valence-electron chi connectivity index (χ4n) is 0.767. The maximum absolute atomic E-state index is 10.6. The van der Waals surface area contributed by atoms with Crippen molar-refractivity contribution in [2.24, 2.45) is 0 Å². The minimum Gasteiger partial charge on any atom is -0.478 e. The standard InChI is InChI=1S/C6H2Cl2N2O4/c7-4-2(10(13)14)1-9-5(8)3(4)6(11)12/h1H,(H,11,12). The number of carboxylic acid groups (broad SMARTS) is 1. The molecule has 1 aromatic heterocycles. The molecule has 1 rings (SSSR count). The molecule has 0 unspecified atom stereocenters. The van der Waals surface area contributed by atoms with E-state index in [2.05, 4.69) is 4.98 Å². The molecule has 8 heteroatoms. The monoisotopic (exact) mass is 236 g/mol. The quantitative estimate of drug-likeness (QED) is 0.482. The Morgan fingerprint density at radius 2 is 2.14 bits per heavy atom. The van der Waals surface area contributed by atoms with Crippen LogP contribution in [0.1, 0.15) is 10.4 Å². The summed E-state index contributed by atoms with van der Waals surface area (Å²) in [5.74, 6) is -1.46. The Balaban J connectivity index is 3.49. The molecule has 1 heterocycles. The van der Waals surface area contributed by atoms with Gasteiger partial charge >= 0.3 is 11.7 Å². The van der Waals surface area contributed by atoms with Crippen LogP contribution in [0.4, 0.5) is 5.69 Å². The number of rotatable bonds is 2. The molecule has 0 saturated carbocycles. The van der Waals surface area contributed by atoms with Crippen LogP contribution < -0.4 is 0 Å². The van der Waals surface area contributed by atoms with Crippen molar-refractivity contribution in [3.05, 3.63) is 32.1 Å². The number of nitrogens with zero attached hydrogens (tertiary/aromatic N) is 2. The van der Waals surface area contributed by atoms with Gasteiger partial charge in [-0.15, -0.1) is 0 Å². The number of aromatic nitrogens is 1. The molecule has 14 heavy (non-hydrogen) atoms. The van der Waals surface area contributed by atoms with Crippen LogP contribution in [0.3, 0.4) is 0 Å². The molecule has 0 saturated heterocycles. The van der Waals surface area contributed by atoms with Crippen LogP contribution in [0.5, 0.6) is 0 Å². The molecule has 1 N–H and O–H groups in total. The molecule has 0 aliphatic carbocycles. The van der Waals surface area contributed by atoms with Crippen LogP contribution in [0.15, 0.2) is 6.20 Å². The number of halogens is 2. The van der Waals surface area contributed by atoms with Crippen molar-refractivity contribution in [1.29, 1.82) is 0 Å². The first-order valence-corrected chi connectivity index (χ1v) is 3.92. The first-order chi connectivity index (χ1) is 6.45. The molecule has 0 bridgehead atoms. The molecule has 0 fully saturated rings. The third kappa shape index (κ3) is 1.75. The number of hydrogen-bond acceptors (Lipinski definition) is 4. The van der Waals surface area contributed by atoms with E-state index in [9.17, 15) is 14.9 Å². The van der Waals surface area contributed by atoms with Gasteiger partial charge in [0.15, 0.2) is 0 Å². The van der Waals surface area contributed by atoms with E-state index in [4.69, 9.17) is 28.3 Å². The van der Waals surface area contributed by atoms with Crippen LogP contribution in [-0.4, -0.2) is 21.0 Å². The lowest BCUT2D eigenvalue weighted by Gasteiger charge is -2.00. The molecule has 0 amide bonds. The summed E-state index contributed by atoms with van der Waals surface area (Å²) >= 11 is 10.9. The molecule has 1 aromatic rings. The number of carbonyl (C=O) groups is 1. The lowest BCUT2D eigenvalue weighted by atomic mass is 10.2. The summed E-state index contributed by atoms with van der Waals surface area (Å²) in [4.78, 5) is 23.4. The van der Waals surface area contributed by atoms with Crippen molar-refractivity contribution in [3.8, 4) is 0 Å². The van der Waals surface area contributed by atoms with Gasteiger partial charge in [-0.2, -0.15) is 0 Å². The van der Waals surface area contributed by atoms with E-state index in [-0.39, 0.29) is 5.15 Å². The van der Waals surface area contributed by atoms with Gasteiger partial charge in [0.2, 0.25) is 0 Å². The van der Waals surface area contributed by atoms with E-state index in [1.165, 1.54) is 0 Å². The van der Waals surface area contributed by atoms with Crippen LogP contribution >= 0.6 is 23.2 Å². The molecule has 0 aliphatic rings. The average molecular weight is 237 g/mol. The smallest absolute Gasteiger partial charge is 0.340 e. The number of carboxylic acids is 1. The Kier molecular flexibility index (Phi) is 2.87. The molecule has 0 spiro atoms. The summed E-state index contributed by atoms with van der Waals surface area (Å²) in [7, 11) is 0. The Hall–Kier alpha value is -1.40. The summed E-state index contributed by atoms with van der Waals surface area (Å²) in [5.41, 5.74) is -1.16. The van der Waals surface area contributed by atoms with Gasteiger partial charge in [0.25, 0.3) is 0 Å². The van der Waals surface area contributed by atoms with Crippen LogP contribution in [0, 0.1) is 10.1 Å². The second-order valence-electron chi connectivity index (χ2n) is 2.19. The molecule has 0 aliphatic heterocycles. The highest BCUT2D eigenvalue weighted by atomic mass is 35.5. The Morgan fingerprint density at radius 1 is 1.57 bits per heavy atom. The molecule has 6 nitrogen and oxygen atoms in total. The predicted molar refractivity (Wildman–Crippen MR) is 47.9 cm³/mol. The Bertz CT molecular complexity index is 421. The summed E-state index contributed by atoms with van der Waals surface area (Å²) < 4.78 is 0. The van der Waals surface area contributed by atoms with Crippen molar-refractivity contribution in [1.82, 2.24) is 4.98 Å². The van der Waals surface area contributed by atoms with Crippen LogP contribution in [-0.2, 0) is 0 Å². The van der Waals surface area contributed by atoms with Gasteiger partial charge in [-0.25, -0.2) is 9.78 Å². The molecular weight excluding hydrogens is 235 g/mol. The van der Waals surface area contributed by atoms with E-state index in [0.717, 1.165) is 6.20 Å². The molecule has 74 valence electrons. The summed E-state index contributed by atoms with van der Waals surface area (Å²) in [6.45, 7) is 0. The van der Waals surface area contributed by atoms with Gasteiger partial charge in [0.1, 0.15) is 21.9 Å². The highest BCUT2D eigenvalue weighted by Crippen LogP contribution is 2.30. The first-order valence-electron chi connectivity index (χ1n) is 3.16. The fourth-order valence-corrected chi connectivity index (χ4v) is 1.33. The minimum absolute atomic E-state index is 0.381. The van der Waals surface area contributed by atoms with E-state index in [1.54, 1.807) is 0 Å². The highest BCUT2D eigenvalue weighted by Gasteiger charge is 2.24. The van der Waals surface area contributed by atoms with E-state index < -0.39 is 27.2 Å². The Labute approximate surface area is 87.2 Å². The summed E-state index contributed by atoms with van der Waals surface area (Å²) in [6.07, 6.45) is 0.803. The van der Waals surface area contributed by atoms with E-state index >= 15 is 0 Å². The van der Waals surface area contributed by atoms with Gasteiger partial charge in [-0.3, -0.25) is 10.1 Å². The lowest BCUT2D eigenvalue weighted by molar-refractivity contribution is -0.385. The van der Waals surface area contributed by atoms with Crippen LogP contribution in [0.2, 0.25) is 10.2 Å². The van der Waals surface area contributed by atoms with Crippen molar-refractivity contribution in [3.63, 3.8) is 0 Å². The van der Waals surface area contributed by atoms with Gasteiger partial charge in [0, 0.05) is 0 Å². The topological polar surface area (TPSA) is 93.3 Å². The normalized spacial score (nSPS) is 9.86. The van der Waals surface area contributed by atoms with Crippen molar-refractivity contribution < 1.29 is 14.8 Å². The summed E-state index contributed by atoms with van der Waals surface area (Å²) in [6, 6.07) is 0. The second kappa shape index (κ2) is 3.77. The maximum atomic E-state index is 10.6. The van der Waals surface area contributed by atoms with Gasteiger partial charge in [-0.1, -0.05) is 23.2 Å². The van der Waals surface area contributed by atoms with Crippen LogP contribution in [0.25, 0.3) is 0 Å². The number of hydrogen-bond donors (Lipinski definition) is 1. The van der Waals surface area contributed by atoms with Gasteiger partial charge in [0.05, 0.1) is 4.92 Å². The zero-order valence-corrected chi connectivity index (χ0v) is 7.91. The van der Waals surface area contributed by atoms with Crippen molar-refractivity contribution in [2.45, 2.75) is 0 Å². The van der Waals surface area contributed by atoms with E-state index in [1.807, 2.05) is 0 Å². The number of aromatic carboxylic acids is 1. The third-order valence-electron chi connectivity index (χ3n) is 1.36. The molecule has 0 atom stereocenters. The minimum atomic E-state index is -1.46. The maximum Gasteiger partial charge on any atom is 0.340 e. The molecule has 0 aromatic carbocycles. The third-order valence-corrected chi connectivity index (χ3v) is 2.03.